The van der Waals surface area contributed by atoms with Gasteiger partial charge in [0.1, 0.15) is 0 Å². The maximum atomic E-state index is 12.1. The van der Waals surface area contributed by atoms with Crippen LogP contribution in [0.3, 0.4) is 0 Å². The van der Waals surface area contributed by atoms with Crippen LogP contribution in [0.1, 0.15) is 20.7 Å². The van der Waals surface area contributed by atoms with Crippen LogP contribution in [0.15, 0.2) is 60.7 Å². The minimum atomic E-state index is -0.602. The first-order chi connectivity index (χ1) is 11.2. The van der Waals surface area contributed by atoms with E-state index in [2.05, 4.69) is 0 Å². The van der Waals surface area contributed by atoms with E-state index in [9.17, 15) is 9.59 Å². The van der Waals surface area contributed by atoms with Gasteiger partial charge in [0.25, 0.3) is 0 Å². The normalized spacial score (nSPS) is 20.0. The van der Waals surface area contributed by atoms with E-state index >= 15 is 0 Å². The molecule has 1 heterocycles. The van der Waals surface area contributed by atoms with Crippen molar-refractivity contribution in [1.82, 2.24) is 0 Å². The third-order valence-corrected chi connectivity index (χ3v) is 3.51. The molecule has 0 saturated carbocycles. The number of benzene rings is 2. The van der Waals surface area contributed by atoms with Crippen molar-refractivity contribution in [3.05, 3.63) is 71.8 Å². The number of esters is 2. The van der Waals surface area contributed by atoms with Gasteiger partial charge < -0.3 is 14.2 Å². The molecular weight excluding hydrogens is 296 g/mol. The van der Waals surface area contributed by atoms with Crippen molar-refractivity contribution in [2.75, 3.05) is 13.2 Å². The second-order valence-corrected chi connectivity index (χ2v) is 5.16. The molecule has 1 aliphatic rings. The molecule has 0 aliphatic carbocycles. The largest absolute Gasteiger partial charge is 0.452 e. The Hall–Kier alpha value is -2.66. The Morgan fingerprint density at radius 3 is 1.52 bits per heavy atom. The summed E-state index contributed by atoms with van der Waals surface area (Å²) in [6.45, 7) is 0.427. The number of ether oxygens (including phenoxy) is 3. The smallest absolute Gasteiger partial charge is 0.338 e. The Morgan fingerprint density at radius 2 is 1.13 bits per heavy atom. The standard InChI is InChI=1S/C18H16O5/c19-17(13-7-3-1-4-8-13)22-15-11-21-12-16(15)23-18(20)14-9-5-2-6-10-14/h1-10,15-16H,11-12H2. The lowest BCUT2D eigenvalue weighted by Gasteiger charge is -2.18. The van der Waals surface area contributed by atoms with E-state index in [0.717, 1.165) is 0 Å². The second kappa shape index (κ2) is 7.07. The molecule has 2 aromatic rings. The monoisotopic (exact) mass is 312 g/mol. The Bertz CT molecular complexity index is 609. The van der Waals surface area contributed by atoms with Gasteiger partial charge in [0.05, 0.1) is 24.3 Å². The van der Waals surface area contributed by atoms with Gasteiger partial charge in [-0.3, -0.25) is 0 Å². The third-order valence-electron chi connectivity index (χ3n) is 3.51. The first kappa shape index (κ1) is 15.2. The van der Waals surface area contributed by atoms with Crippen LogP contribution in [0.2, 0.25) is 0 Å². The van der Waals surface area contributed by atoms with E-state index in [-0.39, 0.29) is 13.2 Å². The highest BCUT2D eigenvalue weighted by Crippen LogP contribution is 2.17. The summed E-state index contributed by atoms with van der Waals surface area (Å²) in [5.41, 5.74) is 0.903. The van der Waals surface area contributed by atoms with Crippen LogP contribution < -0.4 is 0 Å². The summed E-state index contributed by atoms with van der Waals surface area (Å²) < 4.78 is 16.1. The maximum Gasteiger partial charge on any atom is 0.338 e. The van der Waals surface area contributed by atoms with Crippen LogP contribution in [0.5, 0.6) is 0 Å². The minimum absolute atomic E-state index is 0.214. The molecule has 0 bridgehead atoms. The van der Waals surface area contributed by atoms with Gasteiger partial charge in [-0.15, -0.1) is 0 Å². The fourth-order valence-corrected chi connectivity index (χ4v) is 2.29. The predicted octanol–water partition coefficient (Wildman–Crippen LogP) is 2.47. The van der Waals surface area contributed by atoms with Gasteiger partial charge in [-0.1, -0.05) is 36.4 Å². The highest BCUT2D eigenvalue weighted by atomic mass is 16.6. The molecule has 23 heavy (non-hydrogen) atoms. The van der Waals surface area contributed by atoms with Crippen molar-refractivity contribution < 1.29 is 23.8 Å². The molecule has 0 spiro atoms. The number of hydrogen-bond donors (Lipinski definition) is 0. The molecule has 1 aliphatic heterocycles. The molecule has 1 saturated heterocycles. The average molecular weight is 312 g/mol. The number of carbonyl (C=O) groups excluding carboxylic acids is 2. The van der Waals surface area contributed by atoms with Crippen LogP contribution in [0.4, 0.5) is 0 Å². The topological polar surface area (TPSA) is 61.8 Å². The minimum Gasteiger partial charge on any atom is -0.452 e. The summed E-state index contributed by atoms with van der Waals surface area (Å²) in [5, 5.41) is 0. The van der Waals surface area contributed by atoms with E-state index in [0.29, 0.717) is 11.1 Å². The van der Waals surface area contributed by atoms with Crippen LogP contribution >= 0.6 is 0 Å². The fraction of sp³-hybridized carbons (Fsp3) is 0.222. The van der Waals surface area contributed by atoms with Crippen LogP contribution in [-0.4, -0.2) is 37.4 Å². The molecule has 0 aromatic heterocycles. The van der Waals surface area contributed by atoms with Crippen molar-refractivity contribution in [2.45, 2.75) is 12.2 Å². The summed E-state index contributed by atoms with van der Waals surface area (Å²) in [4.78, 5) is 24.2. The molecule has 5 nitrogen and oxygen atoms in total. The van der Waals surface area contributed by atoms with E-state index < -0.39 is 24.1 Å². The quantitative estimate of drug-likeness (QED) is 0.812. The molecule has 2 unspecified atom stereocenters. The highest BCUT2D eigenvalue weighted by molar-refractivity contribution is 5.90. The van der Waals surface area contributed by atoms with Crippen molar-refractivity contribution in [1.29, 1.82) is 0 Å². The molecule has 3 rings (SSSR count). The molecule has 2 aromatic carbocycles. The fourth-order valence-electron chi connectivity index (χ4n) is 2.29. The SMILES string of the molecule is O=C(OC1COCC1OC(=O)c1ccccc1)c1ccccc1. The van der Waals surface area contributed by atoms with Gasteiger partial charge in [0.2, 0.25) is 0 Å². The average Bonchev–Trinajstić information content (AvgIpc) is 3.03. The van der Waals surface area contributed by atoms with Crippen LogP contribution in [-0.2, 0) is 14.2 Å². The first-order valence-corrected chi connectivity index (χ1v) is 7.34. The van der Waals surface area contributed by atoms with Gasteiger partial charge in [-0.2, -0.15) is 0 Å². The zero-order valence-electron chi connectivity index (χ0n) is 12.4. The zero-order valence-corrected chi connectivity index (χ0v) is 12.4. The van der Waals surface area contributed by atoms with Crippen LogP contribution in [0, 0.1) is 0 Å². The molecule has 1 fully saturated rings. The highest BCUT2D eigenvalue weighted by Gasteiger charge is 2.35. The van der Waals surface area contributed by atoms with Gasteiger partial charge >= 0.3 is 11.9 Å². The number of carbonyl (C=O) groups is 2. The maximum absolute atomic E-state index is 12.1. The van der Waals surface area contributed by atoms with E-state index in [1.54, 1.807) is 48.5 Å². The van der Waals surface area contributed by atoms with Crippen molar-refractivity contribution in [2.24, 2.45) is 0 Å². The Labute approximate surface area is 133 Å². The zero-order chi connectivity index (χ0) is 16.1. The lowest BCUT2D eigenvalue weighted by molar-refractivity contribution is -0.0176. The predicted molar refractivity (Wildman–Crippen MR) is 82.1 cm³/mol. The number of hydrogen-bond acceptors (Lipinski definition) is 5. The van der Waals surface area contributed by atoms with Gasteiger partial charge in [-0.25, -0.2) is 9.59 Å². The molecular formula is C18H16O5. The van der Waals surface area contributed by atoms with Gasteiger partial charge in [-0.05, 0) is 24.3 Å². The van der Waals surface area contributed by atoms with Crippen molar-refractivity contribution in [3.8, 4) is 0 Å². The summed E-state index contributed by atoms with van der Waals surface area (Å²) in [5.74, 6) is -0.913. The lowest BCUT2D eigenvalue weighted by Crippen LogP contribution is -2.34. The molecule has 0 N–H and O–H groups in total. The van der Waals surface area contributed by atoms with E-state index in [1.807, 2.05) is 12.1 Å². The summed E-state index contributed by atoms with van der Waals surface area (Å²) in [6, 6.07) is 17.4. The van der Waals surface area contributed by atoms with Crippen molar-refractivity contribution in [3.63, 3.8) is 0 Å². The lowest BCUT2D eigenvalue weighted by atomic mass is 10.2. The van der Waals surface area contributed by atoms with Gasteiger partial charge in [0.15, 0.2) is 12.2 Å². The van der Waals surface area contributed by atoms with E-state index in [1.165, 1.54) is 0 Å². The summed E-state index contributed by atoms with van der Waals surface area (Å²) in [6.07, 6.45) is -1.20. The summed E-state index contributed by atoms with van der Waals surface area (Å²) >= 11 is 0. The summed E-state index contributed by atoms with van der Waals surface area (Å²) in [7, 11) is 0. The second-order valence-electron chi connectivity index (χ2n) is 5.16. The van der Waals surface area contributed by atoms with Crippen molar-refractivity contribution >= 4 is 11.9 Å². The molecule has 2 atom stereocenters. The Kier molecular flexibility index (Phi) is 4.68. The third kappa shape index (κ3) is 3.76. The van der Waals surface area contributed by atoms with Gasteiger partial charge in [0, 0.05) is 0 Å². The molecule has 118 valence electrons. The van der Waals surface area contributed by atoms with Crippen LogP contribution in [0.25, 0.3) is 0 Å². The number of rotatable bonds is 4. The van der Waals surface area contributed by atoms with E-state index in [4.69, 9.17) is 14.2 Å². The molecule has 5 heteroatoms. The molecule has 0 radical (unpaired) electrons. The Balaban J connectivity index is 1.62. The Morgan fingerprint density at radius 1 is 0.739 bits per heavy atom. The first-order valence-electron chi connectivity index (χ1n) is 7.34. The molecule has 0 amide bonds.